The number of benzene rings is 2. The molecule has 0 aliphatic rings. The van der Waals surface area contributed by atoms with Crippen LogP contribution < -0.4 is 0 Å². The van der Waals surface area contributed by atoms with E-state index in [0.29, 0.717) is 21.6 Å². The van der Waals surface area contributed by atoms with Crippen molar-refractivity contribution in [2.24, 2.45) is 0 Å². The van der Waals surface area contributed by atoms with Crippen LogP contribution in [0, 0.1) is 0 Å². The predicted octanol–water partition coefficient (Wildman–Crippen LogP) is 5.31. The molecule has 156 valence electrons. The highest BCUT2D eigenvalue weighted by Gasteiger charge is 2.33. The summed E-state index contributed by atoms with van der Waals surface area (Å²) in [6.45, 7) is 0. The van der Waals surface area contributed by atoms with Gasteiger partial charge in [-0.05, 0) is 53.9 Å². The summed E-state index contributed by atoms with van der Waals surface area (Å²) in [6.07, 6.45) is 0. The molecule has 0 fully saturated rings. The molecule has 0 amide bonds. The Morgan fingerprint density at radius 2 is 1.45 bits per heavy atom. The smallest absolute Gasteiger partial charge is 0.341 e. The summed E-state index contributed by atoms with van der Waals surface area (Å²) in [7, 11) is 2.41. The number of pyridine rings is 1. The number of hydrogen-bond donors (Lipinski definition) is 0. The van der Waals surface area contributed by atoms with E-state index < -0.39 is 17.7 Å². The zero-order chi connectivity index (χ0) is 22.3. The van der Waals surface area contributed by atoms with Gasteiger partial charge in [0.25, 0.3) is 0 Å². The summed E-state index contributed by atoms with van der Waals surface area (Å²) in [4.78, 5) is 39.1. The minimum Gasteiger partial charge on any atom is -0.465 e. The van der Waals surface area contributed by atoms with Crippen molar-refractivity contribution < 1.29 is 23.9 Å². The number of rotatable bonds is 4. The molecule has 0 aliphatic heterocycles. The maximum Gasteiger partial charge on any atom is 0.341 e. The van der Waals surface area contributed by atoms with E-state index in [4.69, 9.17) is 21.1 Å². The molecule has 4 rings (SSSR count). The molecule has 0 N–H and O–H groups in total. The molecule has 2 aromatic carbocycles. The Bertz CT molecular complexity index is 1370. The van der Waals surface area contributed by atoms with E-state index in [1.807, 2.05) is 12.1 Å². The molecule has 2 aromatic heterocycles. The zero-order valence-electron chi connectivity index (χ0n) is 16.4. The van der Waals surface area contributed by atoms with Crippen molar-refractivity contribution in [2.45, 2.75) is 0 Å². The van der Waals surface area contributed by atoms with Gasteiger partial charge in [0.05, 0.1) is 25.3 Å². The Balaban J connectivity index is 2.19. The number of nitrogens with zero attached hydrogens (tertiary/aromatic N) is 1. The molecular formula is C23H15BrClNO5. The quantitative estimate of drug-likeness (QED) is 0.280. The molecule has 8 heteroatoms. The lowest BCUT2D eigenvalue weighted by Crippen LogP contribution is -2.15. The van der Waals surface area contributed by atoms with Gasteiger partial charge in [-0.3, -0.25) is 4.79 Å². The lowest BCUT2D eigenvalue weighted by atomic mass is 10.0. The van der Waals surface area contributed by atoms with Crippen LogP contribution >= 0.6 is 27.5 Å². The van der Waals surface area contributed by atoms with Crippen LogP contribution in [0.3, 0.4) is 0 Å². The van der Waals surface area contributed by atoms with E-state index in [0.717, 1.165) is 9.86 Å². The topological polar surface area (TPSA) is 74.1 Å². The number of fused-ring (bicyclic) bond motifs is 3. The third kappa shape index (κ3) is 3.49. The monoisotopic (exact) mass is 499 g/mol. The predicted molar refractivity (Wildman–Crippen MR) is 120 cm³/mol. The molecule has 0 unspecified atom stereocenters. The van der Waals surface area contributed by atoms with Crippen molar-refractivity contribution in [2.75, 3.05) is 14.2 Å². The lowest BCUT2D eigenvalue weighted by molar-refractivity contribution is 0.0556. The third-order valence-electron chi connectivity index (χ3n) is 4.96. The Labute approximate surface area is 190 Å². The van der Waals surface area contributed by atoms with Crippen LogP contribution in [0.1, 0.15) is 36.8 Å². The molecule has 0 saturated heterocycles. The van der Waals surface area contributed by atoms with E-state index in [2.05, 4.69) is 15.9 Å². The molecule has 6 nitrogen and oxygen atoms in total. The second-order valence-electron chi connectivity index (χ2n) is 6.67. The number of ketones is 1. The number of carbonyl (C=O) groups is 3. The van der Waals surface area contributed by atoms with Crippen molar-refractivity contribution in [3.8, 4) is 0 Å². The number of hydrogen-bond acceptors (Lipinski definition) is 5. The van der Waals surface area contributed by atoms with Gasteiger partial charge in [-0.25, -0.2) is 9.59 Å². The van der Waals surface area contributed by atoms with E-state index in [9.17, 15) is 14.4 Å². The summed E-state index contributed by atoms with van der Waals surface area (Å²) in [6, 6.07) is 15.3. The first-order chi connectivity index (χ1) is 14.9. The lowest BCUT2D eigenvalue weighted by Gasteiger charge is -2.09. The Morgan fingerprint density at radius 3 is 2.10 bits per heavy atom. The number of ether oxygens (including phenoxy) is 2. The van der Waals surface area contributed by atoms with Crippen molar-refractivity contribution in [3.63, 3.8) is 0 Å². The second-order valence-corrected chi connectivity index (χ2v) is 8.03. The Kier molecular flexibility index (Phi) is 5.56. The van der Waals surface area contributed by atoms with E-state index in [1.54, 1.807) is 46.9 Å². The fourth-order valence-electron chi connectivity index (χ4n) is 3.59. The number of aromatic nitrogens is 1. The second kappa shape index (κ2) is 8.17. The molecule has 0 saturated carbocycles. The molecule has 31 heavy (non-hydrogen) atoms. The third-order valence-corrected chi connectivity index (χ3v) is 5.70. The van der Waals surface area contributed by atoms with Crippen LogP contribution in [0.4, 0.5) is 0 Å². The summed E-state index contributed by atoms with van der Waals surface area (Å²) in [5.41, 5.74) is 1.14. The van der Waals surface area contributed by atoms with Gasteiger partial charge >= 0.3 is 11.9 Å². The SMILES string of the molecule is COC(=O)c1c(C(=O)OC)c2ccc3cc(Br)ccc3n2c1C(=O)c1ccc(Cl)cc1. The first-order valence-corrected chi connectivity index (χ1v) is 10.3. The summed E-state index contributed by atoms with van der Waals surface area (Å²) >= 11 is 9.40. The van der Waals surface area contributed by atoms with Crippen LogP contribution in [-0.2, 0) is 9.47 Å². The Hall–Kier alpha value is -3.16. The van der Waals surface area contributed by atoms with Crippen LogP contribution in [0.25, 0.3) is 16.4 Å². The molecular weight excluding hydrogens is 486 g/mol. The van der Waals surface area contributed by atoms with Crippen molar-refractivity contribution in [3.05, 3.63) is 86.5 Å². The molecule has 0 aliphatic carbocycles. The van der Waals surface area contributed by atoms with Crippen LogP contribution in [-0.4, -0.2) is 36.3 Å². The van der Waals surface area contributed by atoms with Crippen LogP contribution in [0.15, 0.2) is 59.1 Å². The van der Waals surface area contributed by atoms with Gasteiger partial charge in [-0.1, -0.05) is 33.6 Å². The van der Waals surface area contributed by atoms with Gasteiger partial charge in [0.2, 0.25) is 5.78 Å². The minimum atomic E-state index is -0.813. The van der Waals surface area contributed by atoms with Gasteiger partial charge in [0.15, 0.2) is 0 Å². The average Bonchev–Trinajstić information content (AvgIpc) is 3.13. The highest BCUT2D eigenvalue weighted by atomic mass is 79.9. The Morgan fingerprint density at radius 1 is 0.839 bits per heavy atom. The van der Waals surface area contributed by atoms with Gasteiger partial charge < -0.3 is 13.9 Å². The first-order valence-electron chi connectivity index (χ1n) is 9.11. The van der Waals surface area contributed by atoms with E-state index in [-0.39, 0.29) is 16.8 Å². The largest absolute Gasteiger partial charge is 0.465 e. The molecule has 2 heterocycles. The van der Waals surface area contributed by atoms with Gasteiger partial charge in [0.1, 0.15) is 16.8 Å². The number of carbonyl (C=O) groups excluding carboxylic acids is 3. The van der Waals surface area contributed by atoms with Crippen molar-refractivity contribution >= 4 is 61.7 Å². The maximum atomic E-state index is 13.6. The van der Waals surface area contributed by atoms with Crippen molar-refractivity contribution in [1.82, 2.24) is 4.40 Å². The normalized spacial score (nSPS) is 11.0. The molecule has 0 spiro atoms. The number of halogens is 2. The average molecular weight is 501 g/mol. The maximum absolute atomic E-state index is 13.6. The van der Waals surface area contributed by atoms with Gasteiger partial charge in [-0.15, -0.1) is 0 Å². The number of methoxy groups -OCH3 is 2. The highest BCUT2D eigenvalue weighted by Crippen LogP contribution is 2.32. The van der Waals surface area contributed by atoms with Gasteiger partial charge in [0, 0.05) is 15.1 Å². The zero-order valence-corrected chi connectivity index (χ0v) is 18.8. The fraction of sp³-hybridized carbons (Fsp3) is 0.0870. The van der Waals surface area contributed by atoms with Crippen LogP contribution in [0.5, 0.6) is 0 Å². The minimum absolute atomic E-state index is 0.0116. The number of esters is 2. The van der Waals surface area contributed by atoms with Crippen molar-refractivity contribution in [1.29, 1.82) is 0 Å². The summed E-state index contributed by atoms with van der Waals surface area (Å²) in [5.74, 6) is -2.02. The fourth-order valence-corrected chi connectivity index (χ4v) is 4.10. The molecule has 0 atom stereocenters. The highest BCUT2D eigenvalue weighted by molar-refractivity contribution is 9.10. The standard InChI is InChI=1S/C23H15BrClNO5/c1-30-22(28)18-17-9-5-13-11-14(24)6-10-16(13)26(17)20(19(18)23(29)31-2)21(27)12-3-7-15(25)8-4-12/h3-11H,1-2H3. The van der Waals surface area contributed by atoms with Crippen LogP contribution in [0.2, 0.25) is 5.02 Å². The molecule has 0 radical (unpaired) electrons. The molecule has 4 aromatic rings. The molecule has 0 bridgehead atoms. The van der Waals surface area contributed by atoms with Gasteiger partial charge in [-0.2, -0.15) is 0 Å². The van der Waals surface area contributed by atoms with E-state index >= 15 is 0 Å². The van der Waals surface area contributed by atoms with E-state index in [1.165, 1.54) is 14.2 Å². The first kappa shape index (κ1) is 21.1. The summed E-state index contributed by atoms with van der Waals surface area (Å²) in [5, 5.41) is 1.27. The summed E-state index contributed by atoms with van der Waals surface area (Å²) < 4.78 is 12.3.